The number of hydrogen-bond donors (Lipinski definition) is 0. The first-order chi connectivity index (χ1) is 29.8. The van der Waals surface area contributed by atoms with Crippen molar-refractivity contribution in [3.05, 3.63) is 36.0 Å². The average molecular weight is 848 g/mol. The van der Waals surface area contributed by atoms with Crippen LogP contribution in [-0.2, 0) is 18.9 Å². The fourth-order valence-corrected chi connectivity index (χ4v) is 13.9. The average Bonchev–Trinajstić information content (AvgIpc) is 3.60. The third-order valence-corrected chi connectivity index (χ3v) is 17.3. The van der Waals surface area contributed by atoms with Crippen LogP contribution >= 0.6 is 0 Å². The summed E-state index contributed by atoms with van der Waals surface area (Å²) in [6.45, 7) is 19.6. The molecule has 6 rings (SSSR count). The quantitative estimate of drug-likeness (QED) is 0.0498. The van der Waals surface area contributed by atoms with E-state index in [1.54, 1.807) is 12.0 Å². The standard InChI is InChI=1S/C56H97NO4/c1-6-7-8-9-10-11-12-13-14-15-16-17-18-19-20-23-36-59-44-50(43-57-35-30-47(4)42-57)61-40-38-58-37-39-60-49-25-26-51-48(41-49)29-32-55-45-56(55)34-33-54(5,31-22-21-24-46(2)3)53(56)28-27-52(51)55/h10-11,13-14,29,46-47,49-53H,6-9,12,15-28,30-45H2,1-5H3/t47?,49-,50?,51?,52+,53?,54-,55-,56-/m0/s1. The smallest absolute Gasteiger partial charge is 0.0936 e. The number of hydrogen-bond acceptors (Lipinski definition) is 5. The first-order valence-corrected chi connectivity index (χ1v) is 26.9. The van der Waals surface area contributed by atoms with Crippen molar-refractivity contribution in [2.45, 2.75) is 214 Å². The van der Waals surface area contributed by atoms with Gasteiger partial charge in [0.15, 0.2) is 0 Å². The molecule has 6 aliphatic rings. The molecule has 2 spiro atoms. The second kappa shape index (κ2) is 25.6. The topological polar surface area (TPSA) is 40.2 Å². The van der Waals surface area contributed by atoms with Crippen LogP contribution in [0, 0.1) is 45.8 Å². The summed E-state index contributed by atoms with van der Waals surface area (Å²) in [7, 11) is 0. The minimum atomic E-state index is 0.117. The van der Waals surface area contributed by atoms with Crippen molar-refractivity contribution in [2.24, 2.45) is 45.8 Å². The van der Waals surface area contributed by atoms with Crippen molar-refractivity contribution in [3.63, 3.8) is 0 Å². The molecule has 4 unspecified atom stereocenters. The SMILES string of the molecule is CCCCCC=CCC=CCCCCCCCCOCC(CN1CCC(C)C1)OCCOCCO[C@H]1CCC2C(=CC[C@@]34C[C@]35CC[C@](C)(CCCCC(C)C)C5CC[C@H]24)C1. The van der Waals surface area contributed by atoms with Crippen molar-refractivity contribution in [1.82, 2.24) is 4.90 Å². The van der Waals surface area contributed by atoms with E-state index in [2.05, 4.69) is 69.9 Å². The van der Waals surface area contributed by atoms with Gasteiger partial charge in [-0.3, -0.25) is 0 Å². The van der Waals surface area contributed by atoms with Crippen LogP contribution in [0.5, 0.6) is 0 Å². The molecule has 350 valence electrons. The predicted octanol–water partition coefficient (Wildman–Crippen LogP) is 14.5. The van der Waals surface area contributed by atoms with Crippen LogP contribution in [0.25, 0.3) is 0 Å². The van der Waals surface area contributed by atoms with Crippen molar-refractivity contribution < 1.29 is 18.9 Å². The van der Waals surface area contributed by atoms with Gasteiger partial charge in [-0.1, -0.05) is 128 Å². The lowest BCUT2D eigenvalue weighted by Gasteiger charge is -2.51. The fourth-order valence-electron chi connectivity index (χ4n) is 13.9. The van der Waals surface area contributed by atoms with E-state index in [-0.39, 0.29) is 6.10 Å². The largest absolute Gasteiger partial charge is 0.379 e. The van der Waals surface area contributed by atoms with E-state index in [4.69, 9.17) is 18.9 Å². The van der Waals surface area contributed by atoms with Crippen molar-refractivity contribution in [3.8, 4) is 0 Å². The normalized spacial score (nSPS) is 32.7. The molecule has 9 atom stereocenters. The number of nitrogens with zero attached hydrogens (tertiary/aromatic N) is 1. The zero-order valence-electron chi connectivity index (χ0n) is 40.8. The highest BCUT2D eigenvalue weighted by molar-refractivity contribution is 5.33. The second-order valence-corrected chi connectivity index (χ2v) is 22.3. The maximum atomic E-state index is 6.49. The molecule has 5 nitrogen and oxygen atoms in total. The van der Waals surface area contributed by atoms with Crippen LogP contribution in [0.3, 0.4) is 0 Å². The van der Waals surface area contributed by atoms with Crippen molar-refractivity contribution >= 4 is 0 Å². The molecule has 1 aliphatic heterocycles. The number of rotatable bonds is 32. The van der Waals surface area contributed by atoms with Crippen LogP contribution in [0.2, 0.25) is 0 Å². The minimum Gasteiger partial charge on any atom is -0.379 e. The maximum Gasteiger partial charge on any atom is 0.0936 e. The molecule has 5 heteroatoms. The van der Waals surface area contributed by atoms with Gasteiger partial charge in [0.05, 0.1) is 45.2 Å². The summed E-state index contributed by atoms with van der Waals surface area (Å²) >= 11 is 0. The summed E-state index contributed by atoms with van der Waals surface area (Å²) in [5, 5.41) is 0. The number of fused-ring (bicyclic) bond motifs is 2. The molecule has 5 fully saturated rings. The Morgan fingerprint density at radius 1 is 0.770 bits per heavy atom. The molecular weight excluding hydrogens is 751 g/mol. The Bertz CT molecular complexity index is 1330. The fraction of sp³-hybridized carbons (Fsp3) is 0.893. The third-order valence-electron chi connectivity index (χ3n) is 17.3. The Morgan fingerprint density at radius 2 is 1.56 bits per heavy atom. The highest BCUT2D eigenvalue weighted by atomic mass is 16.6. The summed E-state index contributed by atoms with van der Waals surface area (Å²) in [6, 6.07) is 0. The number of ether oxygens (including phenoxy) is 4. The van der Waals surface area contributed by atoms with E-state index in [0.29, 0.717) is 55.4 Å². The Hall–Kier alpha value is -0.980. The van der Waals surface area contributed by atoms with Crippen LogP contribution in [-0.4, -0.2) is 76.4 Å². The van der Waals surface area contributed by atoms with E-state index in [1.807, 2.05) is 0 Å². The molecule has 0 radical (unpaired) electrons. The molecular formula is C56H97NO4. The summed E-state index contributed by atoms with van der Waals surface area (Å²) in [6.07, 6.45) is 47.7. The first-order valence-electron chi connectivity index (χ1n) is 26.9. The Balaban J connectivity index is 0.795. The molecule has 0 aromatic rings. The van der Waals surface area contributed by atoms with Gasteiger partial charge in [0, 0.05) is 19.7 Å². The van der Waals surface area contributed by atoms with Crippen LogP contribution in [0.4, 0.5) is 0 Å². The van der Waals surface area contributed by atoms with Crippen LogP contribution < -0.4 is 0 Å². The zero-order chi connectivity index (χ0) is 42.8. The number of likely N-dealkylation sites (tertiary alicyclic amines) is 1. The Morgan fingerprint density at radius 3 is 2.34 bits per heavy atom. The van der Waals surface area contributed by atoms with E-state index >= 15 is 0 Å². The highest BCUT2D eigenvalue weighted by Gasteiger charge is 2.79. The van der Waals surface area contributed by atoms with Crippen molar-refractivity contribution in [1.29, 1.82) is 0 Å². The second-order valence-electron chi connectivity index (χ2n) is 22.3. The van der Waals surface area contributed by atoms with Gasteiger partial charge < -0.3 is 23.8 Å². The van der Waals surface area contributed by atoms with Crippen LogP contribution in [0.1, 0.15) is 202 Å². The molecule has 0 aromatic carbocycles. The van der Waals surface area contributed by atoms with Gasteiger partial charge in [0.1, 0.15) is 0 Å². The summed E-state index contributed by atoms with van der Waals surface area (Å²) < 4.78 is 25.2. The first kappa shape index (κ1) is 49.5. The third kappa shape index (κ3) is 14.3. The van der Waals surface area contributed by atoms with Gasteiger partial charge >= 0.3 is 0 Å². The van der Waals surface area contributed by atoms with E-state index < -0.39 is 0 Å². The zero-order valence-corrected chi connectivity index (χ0v) is 40.8. The summed E-state index contributed by atoms with van der Waals surface area (Å²) in [5.74, 6) is 4.43. The number of unbranched alkanes of at least 4 members (excludes halogenated alkanes) is 10. The molecule has 1 heterocycles. The van der Waals surface area contributed by atoms with Gasteiger partial charge in [-0.2, -0.15) is 0 Å². The predicted molar refractivity (Wildman–Crippen MR) is 257 cm³/mol. The van der Waals surface area contributed by atoms with Crippen LogP contribution in [0.15, 0.2) is 36.0 Å². The van der Waals surface area contributed by atoms with Gasteiger partial charge in [0.25, 0.3) is 0 Å². The highest BCUT2D eigenvalue weighted by Crippen LogP contribution is 2.86. The lowest BCUT2D eigenvalue weighted by atomic mass is 9.54. The minimum absolute atomic E-state index is 0.117. The van der Waals surface area contributed by atoms with Crippen molar-refractivity contribution in [2.75, 3.05) is 59.3 Å². The van der Waals surface area contributed by atoms with Gasteiger partial charge in [-0.25, -0.2) is 0 Å². The maximum absolute atomic E-state index is 6.49. The van der Waals surface area contributed by atoms with E-state index in [0.717, 1.165) is 62.0 Å². The van der Waals surface area contributed by atoms with E-state index in [9.17, 15) is 0 Å². The molecule has 0 N–H and O–H groups in total. The molecule has 0 aromatic heterocycles. The summed E-state index contributed by atoms with van der Waals surface area (Å²) in [5.41, 5.74) is 3.73. The Kier molecular flexibility index (Phi) is 20.8. The molecule has 4 saturated carbocycles. The molecule has 5 aliphatic carbocycles. The number of allylic oxidation sites excluding steroid dienone is 5. The summed E-state index contributed by atoms with van der Waals surface area (Å²) in [4.78, 5) is 2.57. The molecule has 1 saturated heterocycles. The Labute approximate surface area is 377 Å². The van der Waals surface area contributed by atoms with Gasteiger partial charge in [0.2, 0.25) is 0 Å². The molecule has 0 amide bonds. The molecule has 0 bridgehead atoms. The van der Waals surface area contributed by atoms with Gasteiger partial charge in [-0.05, 0) is 162 Å². The van der Waals surface area contributed by atoms with Gasteiger partial charge in [-0.15, -0.1) is 0 Å². The lowest BCUT2D eigenvalue weighted by Crippen LogP contribution is -2.43. The van der Waals surface area contributed by atoms with E-state index in [1.165, 1.54) is 154 Å². The monoisotopic (exact) mass is 848 g/mol. The lowest BCUT2D eigenvalue weighted by molar-refractivity contribution is -0.0601. The molecule has 61 heavy (non-hydrogen) atoms.